The van der Waals surface area contributed by atoms with Crippen LogP contribution in [-0.4, -0.2) is 61.6 Å². The quantitative estimate of drug-likeness (QED) is 0.799. The minimum absolute atomic E-state index is 0.164. The SMILES string of the molecule is N#CCCN(CCN1CCOCC1)C(=O)c1ccc(F)cc1F. The highest BCUT2D eigenvalue weighted by atomic mass is 19.1. The summed E-state index contributed by atoms with van der Waals surface area (Å²) in [6.45, 7) is 4.10. The van der Waals surface area contributed by atoms with E-state index in [0.29, 0.717) is 32.4 Å². The van der Waals surface area contributed by atoms with Gasteiger partial charge in [0.05, 0.1) is 31.3 Å². The monoisotopic (exact) mass is 323 g/mol. The van der Waals surface area contributed by atoms with Gasteiger partial charge in [-0.05, 0) is 12.1 Å². The second-order valence-electron chi connectivity index (χ2n) is 5.28. The highest BCUT2D eigenvalue weighted by Crippen LogP contribution is 2.13. The average Bonchev–Trinajstić information content (AvgIpc) is 2.55. The predicted molar refractivity (Wildman–Crippen MR) is 79.8 cm³/mol. The maximum absolute atomic E-state index is 13.8. The van der Waals surface area contributed by atoms with E-state index in [0.717, 1.165) is 25.2 Å². The molecule has 23 heavy (non-hydrogen) atoms. The van der Waals surface area contributed by atoms with Gasteiger partial charge in [-0.15, -0.1) is 0 Å². The lowest BCUT2D eigenvalue weighted by molar-refractivity contribution is 0.0325. The largest absolute Gasteiger partial charge is 0.379 e. The van der Waals surface area contributed by atoms with Crippen LogP contribution in [0.5, 0.6) is 0 Å². The van der Waals surface area contributed by atoms with E-state index in [1.165, 1.54) is 4.90 Å². The van der Waals surface area contributed by atoms with Gasteiger partial charge in [0.25, 0.3) is 5.91 Å². The number of ether oxygens (including phenoxy) is 1. The van der Waals surface area contributed by atoms with Crippen LogP contribution >= 0.6 is 0 Å². The number of nitrogens with zero attached hydrogens (tertiary/aromatic N) is 3. The van der Waals surface area contributed by atoms with Crippen molar-refractivity contribution >= 4 is 5.91 Å². The Hall–Kier alpha value is -2.04. The third-order valence-electron chi connectivity index (χ3n) is 3.73. The first kappa shape index (κ1) is 17.3. The van der Waals surface area contributed by atoms with Gasteiger partial charge in [0.15, 0.2) is 0 Å². The molecular weight excluding hydrogens is 304 g/mol. The van der Waals surface area contributed by atoms with Crippen molar-refractivity contribution in [3.8, 4) is 6.07 Å². The van der Waals surface area contributed by atoms with E-state index >= 15 is 0 Å². The number of hydrogen-bond donors (Lipinski definition) is 0. The van der Waals surface area contributed by atoms with Crippen molar-refractivity contribution in [3.05, 3.63) is 35.4 Å². The van der Waals surface area contributed by atoms with Gasteiger partial charge >= 0.3 is 0 Å². The Labute approximate surface area is 134 Å². The second kappa shape index (κ2) is 8.56. The fourth-order valence-corrected chi connectivity index (χ4v) is 2.42. The summed E-state index contributed by atoms with van der Waals surface area (Å²) in [5.41, 5.74) is -0.175. The minimum atomic E-state index is -0.886. The topological polar surface area (TPSA) is 56.6 Å². The highest BCUT2D eigenvalue weighted by Gasteiger charge is 2.21. The number of amides is 1. The Bertz CT molecular complexity index is 583. The molecule has 1 amide bonds. The van der Waals surface area contributed by atoms with Crippen molar-refractivity contribution in [2.75, 3.05) is 45.9 Å². The van der Waals surface area contributed by atoms with Crippen LogP contribution in [-0.2, 0) is 4.74 Å². The number of halogens is 2. The highest BCUT2D eigenvalue weighted by molar-refractivity contribution is 5.94. The van der Waals surface area contributed by atoms with Crippen LogP contribution in [0.25, 0.3) is 0 Å². The first-order valence-corrected chi connectivity index (χ1v) is 7.53. The third kappa shape index (κ3) is 4.98. The lowest BCUT2D eigenvalue weighted by Gasteiger charge is -2.30. The number of carbonyl (C=O) groups is 1. The summed E-state index contributed by atoms with van der Waals surface area (Å²) >= 11 is 0. The van der Waals surface area contributed by atoms with Crippen LogP contribution in [0.2, 0.25) is 0 Å². The Kier molecular flexibility index (Phi) is 6.44. The fraction of sp³-hybridized carbons (Fsp3) is 0.500. The minimum Gasteiger partial charge on any atom is -0.379 e. The summed E-state index contributed by atoms with van der Waals surface area (Å²) in [5, 5.41) is 8.74. The Morgan fingerprint density at radius 3 is 2.70 bits per heavy atom. The van der Waals surface area contributed by atoms with Gasteiger partial charge in [0, 0.05) is 38.8 Å². The summed E-state index contributed by atoms with van der Waals surface area (Å²) in [6, 6.07) is 4.87. The van der Waals surface area contributed by atoms with Crippen LogP contribution in [0.15, 0.2) is 18.2 Å². The van der Waals surface area contributed by atoms with Gasteiger partial charge in [-0.3, -0.25) is 9.69 Å². The predicted octanol–water partition coefficient (Wildman–Crippen LogP) is 1.65. The molecule has 0 saturated carbocycles. The number of nitriles is 1. The molecule has 0 radical (unpaired) electrons. The molecule has 124 valence electrons. The Morgan fingerprint density at radius 1 is 1.30 bits per heavy atom. The molecular formula is C16H19F2N3O2. The molecule has 0 N–H and O–H groups in total. The van der Waals surface area contributed by atoms with E-state index in [-0.39, 0.29) is 18.5 Å². The number of hydrogen-bond acceptors (Lipinski definition) is 4. The number of carbonyl (C=O) groups excluding carboxylic acids is 1. The maximum atomic E-state index is 13.8. The van der Waals surface area contributed by atoms with Crippen LogP contribution < -0.4 is 0 Å². The molecule has 1 aliphatic heterocycles. The van der Waals surface area contributed by atoms with Crippen molar-refractivity contribution in [2.24, 2.45) is 0 Å². The standard InChI is InChI=1S/C16H19F2N3O2/c17-13-2-3-14(15(18)12-13)16(22)21(5-1-4-19)7-6-20-8-10-23-11-9-20/h2-3,12H,1,5-11H2. The summed E-state index contributed by atoms with van der Waals surface area (Å²) in [7, 11) is 0. The van der Waals surface area contributed by atoms with Crippen molar-refractivity contribution in [2.45, 2.75) is 6.42 Å². The summed E-state index contributed by atoms with van der Waals surface area (Å²) < 4.78 is 32.0. The molecule has 1 heterocycles. The molecule has 0 aromatic heterocycles. The molecule has 0 aliphatic carbocycles. The number of benzene rings is 1. The van der Waals surface area contributed by atoms with Crippen LogP contribution in [0.1, 0.15) is 16.8 Å². The molecule has 1 aromatic carbocycles. The van der Waals surface area contributed by atoms with Gasteiger partial charge < -0.3 is 9.64 Å². The maximum Gasteiger partial charge on any atom is 0.256 e. The zero-order chi connectivity index (χ0) is 16.7. The Balaban J connectivity index is 2.03. The zero-order valence-electron chi connectivity index (χ0n) is 12.8. The van der Waals surface area contributed by atoms with Crippen molar-refractivity contribution < 1.29 is 18.3 Å². The normalized spacial score (nSPS) is 15.2. The molecule has 1 saturated heterocycles. The van der Waals surface area contributed by atoms with Crippen molar-refractivity contribution in [1.82, 2.24) is 9.80 Å². The van der Waals surface area contributed by atoms with Crippen molar-refractivity contribution in [3.63, 3.8) is 0 Å². The molecule has 2 rings (SSSR count). The third-order valence-corrected chi connectivity index (χ3v) is 3.73. The van der Waals surface area contributed by atoms with E-state index in [9.17, 15) is 13.6 Å². The molecule has 5 nitrogen and oxygen atoms in total. The van der Waals surface area contributed by atoms with Gasteiger partial charge in [0.1, 0.15) is 11.6 Å². The first-order valence-electron chi connectivity index (χ1n) is 7.53. The molecule has 0 atom stereocenters. The van der Waals surface area contributed by atoms with Gasteiger partial charge in [0.2, 0.25) is 0 Å². The van der Waals surface area contributed by atoms with Crippen LogP contribution in [0, 0.1) is 23.0 Å². The van der Waals surface area contributed by atoms with Gasteiger partial charge in [-0.1, -0.05) is 0 Å². The number of morpholine rings is 1. The lowest BCUT2D eigenvalue weighted by atomic mass is 10.1. The van der Waals surface area contributed by atoms with Crippen LogP contribution in [0.4, 0.5) is 8.78 Å². The van der Waals surface area contributed by atoms with Crippen LogP contribution in [0.3, 0.4) is 0 Å². The summed E-state index contributed by atoms with van der Waals surface area (Å²) in [5.74, 6) is -2.13. The molecule has 0 bridgehead atoms. The molecule has 0 unspecified atom stereocenters. The molecule has 1 fully saturated rings. The lowest BCUT2D eigenvalue weighted by Crippen LogP contribution is -2.43. The van der Waals surface area contributed by atoms with Gasteiger partial charge in [-0.2, -0.15) is 5.26 Å². The summed E-state index contributed by atoms with van der Waals surface area (Å²) in [6.07, 6.45) is 0.164. The molecule has 1 aromatic rings. The van der Waals surface area contributed by atoms with E-state index in [2.05, 4.69) is 4.90 Å². The van der Waals surface area contributed by atoms with E-state index in [1.807, 2.05) is 6.07 Å². The molecule has 0 spiro atoms. The van der Waals surface area contributed by atoms with E-state index < -0.39 is 17.5 Å². The van der Waals surface area contributed by atoms with Crippen molar-refractivity contribution in [1.29, 1.82) is 5.26 Å². The molecule has 1 aliphatic rings. The smallest absolute Gasteiger partial charge is 0.256 e. The first-order chi connectivity index (χ1) is 11.1. The molecule has 7 heteroatoms. The Morgan fingerprint density at radius 2 is 2.04 bits per heavy atom. The average molecular weight is 323 g/mol. The fourth-order valence-electron chi connectivity index (χ4n) is 2.42. The van der Waals surface area contributed by atoms with Gasteiger partial charge in [-0.25, -0.2) is 8.78 Å². The summed E-state index contributed by atoms with van der Waals surface area (Å²) in [4.78, 5) is 16.1. The van der Waals surface area contributed by atoms with E-state index in [1.54, 1.807) is 0 Å². The number of rotatable bonds is 6. The van der Waals surface area contributed by atoms with E-state index in [4.69, 9.17) is 10.00 Å². The zero-order valence-corrected chi connectivity index (χ0v) is 12.8. The second-order valence-corrected chi connectivity index (χ2v) is 5.28.